The minimum Gasteiger partial charge on any atom is -0.369 e. The second-order valence-electron chi connectivity index (χ2n) is 7.54. The molecule has 0 aliphatic carbocycles. The van der Waals surface area contributed by atoms with E-state index in [0.717, 1.165) is 32.4 Å². The topological polar surface area (TPSA) is 93.7 Å². The maximum Gasteiger partial charge on any atom is 0.283 e. The summed E-state index contributed by atoms with van der Waals surface area (Å²) in [7, 11) is 1.67. The number of amides is 1. The van der Waals surface area contributed by atoms with Crippen molar-refractivity contribution in [1.82, 2.24) is 9.80 Å². The van der Waals surface area contributed by atoms with Gasteiger partial charge in [-0.2, -0.15) is 5.26 Å². The summed E-state index contributed by atoms with van der Waals surface area (Å²) in [5.41, 5.74) is 0.392. The molecule has 0 aliphatic rings. The lowest BCUT2D eigenvalue weighted by Crippen LogP contribution is -2.37. The average molecular weight is 575 g/mol. The third-order valence-corrected chi connectivity index (χ3v) is 5.89. The Labute approximate surface area is 207 Å². The molecule has 1 aromatic rings. The maximum absolute atomic E-state index is 13.2. The number of benzene rings is 1. The first kappa shape index (κ1) is 28.3. The number of hydrogen-bond donors (Lipinski definition) is 0. The van der Waals surface area contributed by atoms with Crippen molar-refractivity contribution in [3.05, 3.63) is 33.4 Å². The monoisotopic (exact) mass is 573 g/mol. The molecule has 0 unspecified atom stereocenters. The third-order valence-electron chi connectivity index (χ3n) is 5.18. The maximum atomic E-state index is 13.2. The van der Waals surface area contributed by atoms with Crippen molar-refractivity contribution in [2.75, 3.05) is 61.9 Å². The van der Waals surface area contributed by atoms with Gasteiger partial charge in [-0.15, -0.1) is 0 Å². The van der Waals surface area contributed by atoms with Crippen molar-refractivity contribution >= 4 is 49.1 Å². The SMILES string of the molecule is CCCCN(CCC)CCN(C)C(=O)c1cc(N(CCBr)CCBr)c(C#N)cc1[N+](=O)[O-]. The van der Waals surface area contributed by atoms with Gasteiger partial charge >= 0.3 is 0 Å². The van der Waals surface area contributed by atoms with E-state index in [-0.39, 0.29) is 16.8 Å². The summed E-state index contributed by atoms with van der Waals surface area (Å²) in [6.45, 7) is 8.60. The van der Waals surface area contributed by atoms with E-state index in [1.54, 1.807) is 7.05 Å². The van der Waals surface area contributed by atoms with Crippen LogP contribution in [0.5, 0.6) is 0 Å². The van der Waals surface area contributed by atoms with Crippen LogP contribution in [0.4, 0.5) is 11.4 Å². The van der Waals surface area contributed by atoms with E-state index in [1.165, 1.54) is 17.0 Å². The van der Waals surface area contributed by atoms with Gasteiger partial charge in [0.2, 0.25) is 0 Å². The summed E-state index contributed by atoms with van der Waals surface area (Å²) < 4.78 is 0. The number of rotatable bonds is 15. The minimum absolute atomic E-state index is 0.0104. The molecule has 0 N–H and O–H groups in total. The number of carbonyl (C=O) groups excluding carboxylic acids is 1. The van der Waals surface area contributed by atoms with Crippen LogP contribution in [0.25, 0.3) is 0 Å². The second-order valence-corrected chi connectivity index (χ2v) is 9.13. The number of likely N-dealkylation sites (N-methyl/N-ethyl adjacent to an activating group) is 1. The molecule has 32 heavy (non-hydrogen) atoms. The molecular formula is C22H33Br2N5O3. The molecular weight excluding hydrogens is 542 g/mol. The van der Waals surface area contributed by atoms with Gasteiger partial charge in [0.1, 0.15) is 11.6 Å². The van der Waals surface area contributed by atoms with Crippen LogP contribution in [0.15, 0.2) is 12.1 Å². The molecule has 0 radical (unpaired) electrons. The highest BCUT2D eigenvalue weighted by atomic mass is 79.9. The van der Waals surface area contributed by atoms with E-state index in [4.69, 9.17) is 0 Å². The lowest BCUT2D eigenvalue weighted by molar-refractivity contribution is -0.385. The lowest BCUT2D eigenvalue weighted by atomic mass is 10.0. The Hall–Kier alpha value is -1.70. The molecule has 0 bridgehead atoms. The van der Waals surface area contributed by atoms with Gasteiger partial charge in [0.05, 0.1) is 16.2 Å². The van der Waals surface area contributed by atoms with Crippen LogP contribution in [-0.4, -0.2) is 77.6 Å². The molecule has 1 rings (SSSR count). The summed E-state index contributed by atoms with van der Waals surface area (Å²) in [4.78, 5) is 30.1. The van der Waals surface area contributed by atoms with E-state index >= 15 is 0 Å². The molecule has 178 valence electrons. The summed E-state index contributed by atoms with van der Waals surface area (Å²) >= 11 is 6.82. The van der Waals surface area contributed by atoms with Crippen molar-refractivity contribution < 1.29 is 9.72 Å². The number of nitrogens with zero attached hydrogens (tertiary/aromatic N) is 5. The lowest BCUT2D eigenvalue weighted by Gasteiger charge is -2.27. The zero-order valence-corrected chi connectivity index (χ0v) is 22.3. The zero-order chi connectivity index (χ0) is 24.1. The van der Waals surface area contributed by atoms with Crippen LogP contribution in [0.2, 0.25) is 0 Å². The van der Waals surface area contributed by atoms with E-state index < -0.39 is 10.8 Å². The molecule has 1 aromatic carbocycles. The summed E-state index contributed by atoms with van der Waals surface area (Å²) in [5, 5.41) is 22.6. The standard InChI is InChI=1S/C22H33Br2N5O3/c1-4-6-10-27(9-5-2)14-13-26(3)22(30)19-16-20(28(11-7-23)12-8-24)18(17-25)15-21(19)29(31)32/h15-16H,4-14H2,1-3H3. The molecule has 0 aromatic heterocycles. The fraction of sp³-hybridized carbons (Fsp3) is 0.636. The molecule has 0 saturated heterocycles. The quantitative estimate of drug-likeness (QED) is 0.172. The van der Waals surface area contributed by atoms with Crippen molar-refractivity contribution in [3.8, 4) is 6.07 Å². The number of nitriles is 1. The number of unbranched alkanes of at least 4 members (excludes halogenated alkanes) is 1. The van der Waals surface area contributed by atoms with Crippen LogP contribution in [0.3, 0.4) is 0 Å². The number of anilines is 1. The average Bonchev–Trinajstić information content (AvgIpc) is 2.78. The van der Waals surface area contributed by atoms with Gasteiger partial charge in [0.25, 0.3) is 11.6 Å². The molecule has 0 fully saturated rings. The smallest absolute Gasteiger partial charge is 0.283 e. The number of halogens is 2. The Morgan fingerprint density at radius 2 is 1.72 bits per heavy atom. The molecule has 0 aliphatic heterocycles. The molecule has 0 saturated carbocycles. The Morgan fingerprint density at radius 1 is 1.06 bits per heavy atom. The molecule has 8 nitrogen and oxygen atoms in total. The molecule has 1 amide bonds. The van der Waals surface area contributed by atoms with E-state index in [1.807, 2.05) is 11.0 Å². The van der Waals surface area contributed by atoms with E-state index in [9.17, 15) is 20.2 Å². The number of carbonyl (C=O) groups is 1. The highest BCUT2D eigenvalue weighted by molar-refractivity contribution is 9.09. The predicted molar refractivity (Wildman–Crippen MR) is 136 cm³/mol. The van der Waals surface area contributed by atoms with Gasteiger partial charge in [-0.3, -0.25) is 14.9 Å². The number of hydrogen-bond acceptors (Lipinski definition) is 6. The molecule has 0 heterocycles. The Morgan fingerprint density at radius 3 is 2.22 bits per heavy atom. The van der Waals surface area contributed by atoms with Crippen LogP contribution >= 0.6 is 31.9 Å². The fourth-order valence-corrected chi connectivity index (χ4v) is 4.30. The van der Waals surface area contributed by atoms with E-state index in [0.29, 0.717) is 42.5 Å². The van der Waals surface area contributed by atoms with Gasteiger partial charge in [0.15, 0.2) is 0 Å². The van der Waals surface area contributed by atoms with Crippen molar-refractivity contribution in [3.63, 3.8) is 0 Å². The third kappa shape index (κ3) is 8.34. The van der Waals surface area contributed by atoms with Crippen molar-refractivity contribution in [2.24, 2.45) is 0 Å². The van der Waals surface area contributed by atoms with Gasteiger partial charge in [0, 0.05) is 50.0 Å². The van der Waals surface area contributed by atoms with Crippen LogP contribution < -0.4 is 4.90 Å². The first-order chi connectivity index (χ1) is 15.3. The second kappa shape index (κ2) is 15.2. The minimum atomic E-state index is -0.588. The van der Waals surface area contributed by atoms with E-state index in [2.05, 4.69) is 50.6 Å². The molecule has 0 atom stereocenters. The van der Waals surface area contributed by atoms with Crippen LogP contribution in [0.1, 0.15) is 49.0 Å². The summed E-state index contributed by atoms with van der Waals surface area (Å²) in [5.74, 6) is -0.410. The fourth-order valence-electron chi connectivity index (χ4n) is 3.44. The van der Waals surface area contributed by atoms with Gasteiger partial charge in [-0.25, -0.2) is 0 Å². The van der Waals surface area contributed by atoms with Crippen LogP contribution in [-0.2, 0) is 0 Å². The summed E-state index contributed by atoms with van der Waals surface area (Å²) in [6.07, 6.45) is 3.23. The molecule has 10 heteroatoms. The number of nitro groups is 1. The first-order valence-corrected chi connectivity index (χ1v) is 13.2. The normalized spacial score (nSPS) is 10.8. The van der Waals surface area contributed by atoms with Crippen molar-refractivity contribution in [2.45, 2.75) is 33.1 Å². The first-order valence-electron chi connectivity index (χ1n) is 10.9. The molecule has 0 spiro atoms. The Kier molecular flexibility index (Phi) is 13.5. The zero-order valence-electron chi connectivity index (χ0n) is 19.1. The van der Waals surface area contributed by atoms with Gasteiger partial charge < -0.3 is 14.7 Å². The Bertz CT molecular complexity index is 795. The largest absolute Gasteiger partial charge is 0.369 e. The van der Waals surface area contributed by atoms with Crippen LogP contribution in [0, 0.1) is 21.4 Å². The number of alkyl halides is 2. The number of nitro benzene ring substituents is 1. The Balaban J connectivity index is 3.24. The van der Waals surface area contributed by atoms with Gasteiger partial charge in [-0.1, -0.05) is 52.1 Å². The van der Waals surface area contributed by atoms with Gasteiger partial charge in [-0.05, 0) is 32.0 Å². The highest BCUT2D eigenvalue weighted by Gasteiger charge is 2.27. The highest BCUT2D eigenvalue weighted by Crippen LogP contribution is 2.30. The van der Waals surface area contributed by atoms with Crippen molar-refractivity contribution in [1.29, 1.82) is 5.26 Å². The predicted octanol–water partition coefficient (Wildman–Crippen LogP) is 4.65. The summed E-state index contributed by atoms with van der Waals surface area (Å²) in [6, 6.07) is 4.77.